The Labute approximate surface area is 201 Å². The lowest BCUT2D eigenvalue weighted by atomic mass is 9.95. The van der Waals surface area contributed by atoms with E-state index in [-0.39, 0.29) is 18.0 Å². The van der Waals surface area contributed by atoms with Gasteiger partial charge in [-0.2, -0.15) is 0 Å². The van der Waals surface area contributed by atoms with E-state index in [1.807, 2.05) is 30.3 Å². The molecule has 0 radical (unpaired) electrons. The third-order valence-electron chi connectivity index (χ3n) is 6.04. The van der Waals surface area contributed by atoms with Crippen molar-refractivity contribution >= 4 is 23.3 Å². The molecule has 176 valence electrons. The molecule has 1 unspecified atom stereocenters. The van der Waals surface area contributed by atoms with Gasteiger partial charge in [-0.15, -0.1) is 0 Å². The number of ether oxygens (including phenoxy) is 2. The Bertz CT molecular complexity index is 1210. The zero-order valence-corrected chi connectivity index (χ0v) is 19.7. The van der Waals surface area contributed by atoms with Crippen LogP contribution < -0.4 is 20.1 Å². The summed E-state index contributed by atoms with van der Waals surface area (Å²) in [6.07, 6.45) is 3.36. The Kier molecular flexibility index (Phi) is 6.35. The van der Waals surface area contributed by atoms with E-state index in [4.69, 9.17) is 9.47 Å². The van der Waals surface area contributed by atoms with Crippen molar-refractivity contribution in [2.24, 2.45) is 0 Å². The molecule has 0 aliphatic carbocycles. The zero-order valence-electron chi connectivity index (χ0n) is 18.9. The molecule has 1 atom stereocenters. The number of carbonyl (C=O) groups is 2. The predicted molar refractivity (Wildman–Crippen MR) is 129 cm³/mol. The SMILES string of the molecule is Cc1ccccc1C1CCc2cc(Oc3ncc(C(=O)NCCN4CCNC4=O)s3)ccc2O1. The van der Waals surface area contributed by atoms with Crippen LogP contribution in [0, 0.1) is 6.92 Å². The van der Waals surface area contributed by atoms with Gasteiger partial charge < -0.3 is 25.0 Å². The maximum Gasteiger partial charge on any atom is 0.317 e. The van der Waals surface area contributed by atoms with E-state index in [0.29, 0.717) is 42.0 Å². The third kappa shape index (κ3) is 4.84. The molecule has 9 heteroatoms. The van der Waals surface area contributed by atoms with Gasteiger partial charge in [0.2, 0.25) is 0 Å². The molecule has 1 aromatic heterocycles. The maximum absolute atomic E-state index is 12.4. The summed E-state index contributed by atoms with van der Waals surface area (Å²) in [5.41, 5.74) is 3.56. The van der Waals surface area contributed by atoms with E-state index in [1.165, 1.54) is 28.7 Å². The minimum absolute atomic E-state index is 0.0559. The molecule has 5 rings (SSSR count). The van der Waals surface area contributed by atoms with E-state index < -0.39 is 0 Å². The highest BCUT2D eigenvalue weighted by molar-refractivity contribution is 7.15. The largest absolute Gasteiger partial charge is 0.485 e. The van der Waals surface area contributed by atoms with Gasteiger partial charge in [0.15, 0.2) is 0 Å². The molecule has 2 N–H and O–H groups in total. The zero-order chi connectivity index (χ0) is 23.5. The predicted octanol–water partition coefficient (Wildman–Crippen LogP) is 4.07. The topological polar surface area (TPSA) is 92.8 Å². The van der Waals surface area contributed by atoms with Crippen molar-refractivity contribution in [3.63, 3.8) is 0 Å². The second-order valence-corrected chi connectivity index (χ2v) is 9.33. The highest BCUT2D eigenvalue weighted by Gasteiger charge is 2.23. The molecule has 0 bridgehead atoms. The van der Waals surface area contributed by atoms with Gasteiger partial charge in [0.1, 0.15) is 22.5 Å². The van der Waals surface area contributed by atoms with Gasteiger partial charge in [-0.1, -0.05) is 35.6 Å². The molecule has 8 nitrogen and oxygen atoms in total. The van der Waals surface area contributed by atoms with Crippen LogP contribution in [0.4, 0.5) is 4.79 Å². The lowest BCUT2D eigenvalue weighted by Crippen LogP contribution is -2.36. The van der Waals surface area contributed by atoms with Crippen molar-refractivity contribution in [1.29, 1.82) is 0 Å². The van der Waals surface area contributed by atoms with E-state index in [9.17, 15) is 9.59 Å². The number of nitrogens with zero attached hydrogens (tertiary/aromatic N) is 2. The number of thiazole rings is 1. The number of aryl methyl sites for hydroxylation is 2. The number of urea groups is 1. The minimum atomic E-state index is -0.229. The van der Waals surface area contributed by atoms with Crippen LogP contribution in [0.2, 0.25) is 0 Å². The molecule has 3 heterocycles. The number of nitrogens with one attached hydrogen (secondary N) is 2. The van der Waals surface area contributed by atoms with Crippen LogP contribution >= 0.6 is 11.3 Å². The Balaban J connectivity index is 1.17. The molecule has 3 amide bonds. The van der Waals surface area contributed by atoms with Gasteiger partial charge in [0, 0.05) is 26.2 Å². The lowest BCUT2D eigenvalue weighted by Gasteiger charge is -2.27. The van der Waals surface area contributed by atoms with Crippen molar-refractivity contribution in [3.05, 3.63) is 70.2 Å². The lowest BCUT2D eigenvalue weighted by molar-refractivity contribution is 0.0954. The molecule has 0 spiro atoms. The smallest absolute Gasteiger partial charge is 0.317 e. The van der Waals surface area contributed by atoms with Crippen molar-refractivity contribution in [3.8, 4) is 16.7 Å². The van der Waals surface area contributed by atoms with Crippen LogP contribution in [0.15, 0.2) is 48.7 Å². The van der Waals surface area contributed by atoms with Gasteiger partial charge in [-0.3, -0.25) is 4.79 Å². The second-order valence-electron chi connectivity index (χ2n) is 8.34. The van der Waals surface area contributed by atoms with Gasteiger partial charge in [-0.05, 0) is 54.7 Å². The average molecular weight is 479 g/mol. The first-order chi connectivity index (χ1) is 16.6. The minimum Gasteiger partial charge on any atom is -0.485 e. The van der Waals surface area contributed by atoms with Crippen LogP contribution in [0.3, 0.4) is 0 Å². The van der Waals surface area contributed by atoms with Crippen LogP contribution in [-0.4, -0.2) is 48.0 Å². The Morgan fingerprint density at radius 3 is 3.03 bits per heavy atom. The normalized spacial score (nSPS) is 17.0. The highest BCUT2D eigenvalue weighted by Crippen LogP contribution is 2.38. The van der Waals surface area contributed by atoms with Gasteiger partial charge >= 0.3 is 6.03 Å². The fraction of sp³-hybridized carbons (Fsp3) is 0.320. The summed E-state index contributed by atoms with van der Waals surface area (Å²) in [4.78, 5) is 30.3. The summed E-state index contributed by atoms with van der Waals surface area (Å²) in [7, 11) is 0. The number of aromatic nitrogens is 1. The number of fused-ring (bicyclic) bond motifs is 1. The van der Waals surface area contributed by atoms with Crippen molar-refractivity contribution in [2.45, 2.75) is 25.9 Å². The molecular weight excluding hydrogens is 452 g/mol. The van der Waals surface area contributed by atoms with E-state index in [0.717, 1.165) is 24.2 Å². The van der Waals surface area contributed by atoms with E-state index in [2.05, 4.69) is 34.7 Å². The molecule has 1 fully saturated rings. The first-order valence-electron chi connectivity index (χ1n) is 11.4. The number of amides is 3. The van der Waals surface area contributed by atoms with Gasteiger partial charge in [0.25, 0.3) is 11.1 Å². The van der Waals surface area contributed by atoms with Crippen LogP contribution in [0.5, 0.6) is 16.7 Å². The maximum atomic E-state index is 12.4. The van der Waals surface area contributed by atoms with Crippen molar-refractivity contribution in [1.82, 2.24) is 20.5 Å². The fourth-order valence-corrected chi connectivity index (χ4v) is 4.92. The molecule has 2 aromatic carbocycles. The van der Waals surface area contributed by atoms with Crippen LogP contribution in [0.25, 0.3) is 0 Å². The molecule has 2 aliphatic rings. The summed E-state index contributed by atoms with van der Waals surface area (Å²) < 4.78 is 12.2. The summed E-state index contributed by atoms with van der Waals surface area (Å²) >= 11 is 1.19. The van der Waals surface area contributed by atoms with Gasteiger partial charge in [0.05, 0.1) is 6.20 Å². The van der Waals surface area contributed by atoms with E-state index in [1.54, 1.807) is 4.90 Å². The average Bonchev–Trinajstić information content (AvgIpc) is 3.48. The summed E-state index contributed by atoms with van der Waals surface area (Å²) in [6.45, 7) is 4.27. The van der Waals surface area contributed by atoms with Crippen molar-refractivity contribution < 1.29 is 19.1 Å². The van der Waals surface area contributed by atoms with Gasteiger partial charge in [-0.25, -0.2) is 9.78 Å². The summed E-state index contributed by atoms with van der Waals surface area (Å²) in [6, 6.07) is 14.0. The number of hydrogen-bond acceptors (Lipinski definition) is 6. The fourth-order valence-electron chi connectivity index (χ4n) is 4.22. The third-order valence-corrected chi connectivity index (χ3v) is 6.91. The number of hydrogen-bond donors (Lipinski definition) is 2. The monoisotopic (exact) mass is 478 g/mol. The molecule has 0 saturated carbocycles. The Hall–Kier alpha value is -3.59. The molecule has 1 saturated heterocycles. The highest BCUT2D eigenvalue weighted by atomic mass is 32.1. The number of carbonyl (C=O) groups excluding carboxylic acids is 2. The molecule has 2 aliphatic heterocycles. The van der Waals surface area contributed by atoms with E-state index >= 15 is 0 Å². The van der Waals surface area contributed by atoms with Crippen LogP contribution in [0.1, 0.15) is 38.9 Å². The number of benzene rings is 2. The Morgan fingerprint density at radius 1 is 1.32 bits per heavy atom. The second kappa shape index (κ2) is 9.72. The summed E-state index contributed by atoms with van der Waals surface area (Å²) in [5, 5.41) is 5.96. The standard InChI is InChI=1S/C25H26N4O4S/c1-16-4-2-3-5-19(16)21-8-6-17-14-18(7-9-20(17)33-21)32-25-28-15-22(34-25)23(30)26-10-12-29-13-11-27-24(29)31/h2-5,7,9,14-15,21H,6,8,10-13H2,1H3,(H,26,30)(H,27,31). The quantitative estimate of drug-likeness (QED) is 0.534. The number of rotatable bonds is 7. The van der Waals surface area contributed by atoms with Crippen molar-refractivity contribution in [2.75, 3.05) is 26.2 Å². The first-order valence-corrected chi connectivity index (χ1v) is 12.2. The Morgan fingerprint density at radius 2 is 2.21 bits per heavy atom. The summed E-state index contributed by atoms with van der Waals surface area (Å²) in [5.74, 6) is 1.31. The molecule has 34 heavy (non-hydrogen) atoms. The molecular formula is C25H26N4O4S. The van der Waals surface area contributed by atoms with Crippen LogP contribution in [-0.2, 0) is 6.42 Å². The first kappa shape index (κ1) is 22.2. The molecule has 3 aromatic rings.